The molecule has 1 rings (SSSR count). The minimum atomic E-state index is -1.26. The molecule has 0 aliphatic heterocycles. The summed E-state index contributed by atoms with van der Waals surface area (Å²) in [4.78, 5) is 35.3. The number of carbonyl (C=O) groups excluding carboxylic acids is 2. The molecule has 19 heavy (non-hydrogen) atoms. The van der Waals surface area contributed by atoms with E-state index in [1.165, 1.54) is 0 Å². The van der Waals surface area contributed by atoms with Gasteiger partial charge in [-0.15, -0.1) is 0 Å². The second kappa shape index (κ2) is 6.96. The molecule has 0 unspecified atom stereocenters. The summed E-state index contributed by atoms with van der Waals surface area (Å²) in [6.45, 7) is 3.17. The Morgan fingerprint density at radius 1 is 1.42 bits per heavy atom. The third-order valence-corrected chi connectivity index (χ3v) is 2.96. The van der Waals surface area contributed by atoms with Gasteiger partial charge in [-0.2, -0.15) is 0 Å². The van der Waals surface area contributed by atoms with Gasteiger partial charge in [0.1, 0.15) is 6.04 Å². The highest BCUT2D eigenvalue weighted by molar-refractivity contribution is 5.87. The maximum Gasteiger partial charge on any atom is 0.326 e. The van der Waals surface area contributed by atoms with Crippen LogP contribution in [0.2, 0.25) is 0 Å². The van der Waals surface area contributed by atoms with Crippen LogP contribution in [0.25, 0.3) is 0 Å². The quantitative estimate of drug-likeness (QED) is 0.583. The van der Waals surface area contributed by atoms with Crippen molar-refractivity contribution in [2.75, 3.05) is 13.1 Å². The first-order chi connectivity index (χ1) is 8.93. The maximum absolute atomic E-state index is 12.0. The number of urea groups is 1. The summed E-state index contributed by atoms with van der Waals surface area (Å²) in [6, 6.07) is -1.70. The Balaban J connectivity index is 2.55. The molecule has 0 spiro atoms. The highest BCUT2D eigenvalue weighted by Gasteiger charge is 2.29. The molecular formula is C12H21N3O4. The fraction of sp³-hybridized carbons (Fsp3) is 0.750. The molecule has 0 radical (unpaired) electrons. The summed E-state index contributed by atoms with van der Waals surface area (Å²) in [5.41, 5.74) is 4.97. The van der Waals surface area contributed by atoms with Crippen LogP contribution in [-0.4, -0.2) is 47.0 Å². The average molecular weight is 271 g/mol. The van der Waals surface area contributed by atoms with Crippen molar-refractivity contribution in [3.8, 4) is 0 Å². The van der Waals surface area contributed by atoms with Gasteiger partial charge in [0, 0.05) is 13.1 Å². The van der Waals surface area contributed by atoms with Crippen molar-refractivity contribution in [2.24, 2.45) is 11.7 Å². The minimum absolute atomic E-state index is 0.398. The molecule has 3 amide bonds. The van der Waals surface area contributed by atoms with E-state index in [9.17, 15) is 14.4 Å². The van der Waals surface area contributed by atoms with Crippen molar-refractivity contribution in [1.82, 2.24) is 10.2 Å². The topological polar surface area (TPSA) is 113 Å². The summed E-state index contributed by atoms with van der Waals surface area (Å²) in [6.07, 6.45) is 2.62. The van der Waals surface area contributed by atoms with Crippen molar-refractivity contribution in [3.05, 3.63) is 0 Å². The third-order valence-electron chi connectivity index (χ3n) is 2.96. The summed E-state index contributed by atoms with van der Waals surface area (Å²) in [7, 11) is 0. The van der Waals surface area contributed by atoms with Gasteiger partial charge in [-0.1, -0.05) is 6.92 Å². The second-order valence-electron chi connectivity index (χ2n) is 4.90. The molecule has 0 heterocycles. The zero-order valence-corrected chi connectivity index (χ0v) is 11.1. The molecular weight excluding hydrogens is 250 g/mol. The summed E-state index contributed by atoms with van der Waals surface area (Å²) >= 11 is 0. The maximum atomic E-state index is 12.0. The van der Waals surface area contributed by atoms with Gasteiger partial charge in [-0.25, -0.2) is 9.59 Å². The number of hydrogen-bond acceptors (Lipinski definition) is 3. The Kier molecular flexibility index (Phi) is 5.59. The molecule has 0 aromatic rings. The van der Waals surface area contributed by atoms with E-state index in [1.807, 2.05) is 6.92 Å². The fourth-order valence-electron chi connectivity index (χ4n) is 1.80. The first-order valence-corrected chi connectivity index (χ1v) is 6.50. The summed E-state index contributed by atoms with van der Waals surface area (Å²) in [5, 5.41) is 11.3. The smallest absolute Gasteiger partial charge is 0.326 e. The Bertz CT molecular complexity index is 355. The molecule has 1 fully saturated rings. The fourth-order valence-corrected chi connectivity index (χ4v) is 1.80. The van der Waals surface area contributed by atoms with Gasteiger partial charge in [-0.05, 0) is 25.2 Å². The molecule has 1 aliphatic rings. The van der Waals surface area contributed by atoms with E-state index >= 15 is 0 Å². The number of nitrogens with two attached hydrogens (primary N) is 1. The Morgan fingerprint density at radius 2 is 2.05 bits per heavy atom. The van der Waals surface area contributed by atoms with Crippen LogP contribution >= 0.6 is 0 Å². The van der Waals surface area contributed by atoms with E-state index in [2.05, 4.69) is 5.32 Å². The second-order valence-corrected chi connectivity index (χ2v) is 4.90. The lowest BCUT2D eigenvalue weighted by Gasteiger charge is -2.24. The van der Waals surface area contributed by atoms with Crippen molar-refractivity contribution >= 4 is 17.9 Å². The lowest BCUT2D eigenvalue weighted by molar-refractivity contribution is -0.140. The highest BCUT2D eigenvalue weighted by atomic mass is 16.4. The lowest BCUT2D eigenvalue weighted by Crippen LogP contribution is -2.50. The lowest BCUT2D eigenvalue weighted by atomic mass is 10.2. The van der Waals surface area contributed by atoms with Gasteiger partial charge >= 0.3 is 12.0 Å². The predicted octanol–water partition coefficient (Wildman–Crippen LogP) is 0.147. The first-order valence-electron chi connectivity index (χ1n) is 6.50. The first kappa shape index (κ1) is 15.3. The average Bonchev–Trinajstić information content (AvgIpc) is 3.10. The number of nitrogens with one attached hydrogen (secondary N) is 1. The van der Waals surface area contributed by atoms with Gasteiger partial charge in [0.25, 0.3) is 0 Å². The van der Waals surface area contributed by atoms with Crippen molar-refractivity contribution < 1.29 is 19.5 Å². The van der Waals surface area contributed by atoms with Crippen LogP contribution < -0.4 is 11.1 Å². The Labute approximate surface area is 112 Å². The van der Waals surface area contributed by atoms with Crippen molar-refractivity contribution in [1.29, 1.82) is 0 Å². The van der Waals surface area contributed by atoms with E-state index in [-0.39, 0.29) is 0 Å². The van der Waals surface area contributed by atoms with Gasteiger partial charge in [0.05, 0.1) is 6.42 Å². The zero-order chi connectivity index (χ0) is 14.4. The number of carboxylic acids is 1. The molecule has 1 saturated carbocycles. The van der Waals surface area contributed by atoms with Crippen LogP contribution in [0, 0.1) is 5.92 Å². The molecule has 0 saturated heterocycles. The molecule has 1 atom stereocenters. The molecule has 108 valence electrons. The van der Waals surface area contributed by atoms with Crippen LogP contribution in [0.1, 0.15) is 32.6 Å². The third kappa shape index (κ3) is 5.58. The molecule has 4 N–H and O–H groups in total. The Morgan fingerprint density at radius 3 is 2.47 bits per heavy atom. The number of rotatable bonds is 8. The molecule has 0 aromatic heterocycles. The standard InChI is InChI=1S/C12H21N3O4/c1-2-5-15(7-8-3-4-8)12(19)14-9(11(17)18)6-10(13)16/h8-9H,2-7H2,1H3,(H2,13,16)(H,14,19)(H,17,18)/t9-/m0/s1. The van der Waals surface area contributed by atoms with Gasteiger partial charge in [0.15, 0.2) is 0 Å². The van der Waals surface area contributed by atoms with Crippen LogP contribution in [0.3, 0.4) is 0 Å². The van der Waals surface area contributed by atoms with E-state index in [1.54, 1.807) is 4.90 Å². The summed E-state index contributed by atoms with van der Waals surface area (Å²) in [5.74, 6) is -1.48. The van der Waals surface area contributed by atoms with E-state index < -0.39 is 30.4 Å². The predicted molar refractivity (Wildman–Crippen MR) is 68.4 cm³/mol. The molecule has 7 nitrogen and oxygen atoms in total. The van der Waals surface area contributed by atoms with E-state index in [0.717, 1.165) is 19.3 Å². The van der Waals surface area contributed by atoms with Gasteiger partial charge < -0.3 is 21.1 Å². The van der Waals surface area contributed by atoms with Crippen molar-refractivity contribution in [3.63, 3.8) is 0 Å². The molecule has 1 aliphatic carbocycles. The van der Waals surface area contributed by atoms with Crippen molar-refractivity contribution in [2.45, 2.75) is 38.6 Å². The highest BCUT2D eigenvalue weighted by Crippen LogP contribution is 2.29. The Hall–Kier alpha value is -1.79. The number of amides is 3. The zero-order valence-electron chi connectivity index (χ0n) is 11.1. The SMILES string of the molecule is CCCN(CC1CC1)C(=O)N[C@@H](CC(N)=O)C(=O)O. The largest absolute Gasteiger partial charge is 0.480 e. The van der Waals surface area contributed by atoms with Crippen LogP contribution in [0.15, 0.2) is 0 Å². The number of aliphatic carboxylic acids is 1. The van der Waals surface area contributed by atoms with E-state index in [0.29, 0.717) is 19.0 Å². The number of nitrogens with zero attached hydrogens (tertiary/aromatic N) is 1. The van der Waals surface area contributed by atoms with Gasteiger partial charge in [-0.3, -0.25) is 4.79 Å². The minimum Gasteiger partial charge on any atom is -0.480 e. The van der Waals surface area contributed by atoms with Crippen LogP contribution in [-0.2, 0) is 9.59 Å². The number of hydrogen-bond donors (Lipinski definition) is 3. The van der Waals surface area contributed by atoms with E-state index in [4.69, 9.17) is 10.8 Å². The van der Waals surface area contributed by atoms with Gasteiger partial charge in [0.2, 0.25) is 5.91 Å². The normalized spacial score (nSPS) is 15.6. The number of primary amides is 1. The molecule has 0 bridgehead atoms. The van der Waals surface area contributed by atoms with Crippen LogP contribution in [0.5, 0.6) is 0 Å². The summed E-state index contributed by atoms with van der Waals surface area (Å²) < 4.78 is 0. The molecule has 7 heteroatoms. The monoisotopic (exact) mass is 271 g/mol. The number of carbonyl (C=O) groups is 3. The van der Waals surface area contributed by atoms with Crippen LogP contribution in [0.4, 0.5) is 4.79 Å². The molecule has 0 aromatic carbocycles. The number of carboxylic acid groups (broad SMARTS) is 1.